The zero-order valence-corrected chi connectivity index (χ0v) is 23.3. The highest BCUT2D eigenvalue weighted by Crippen LogP contribution is 2.65. The number of ether oxygens (including phenoxy) is 1. The number of aryl methyl sites for hydroxylation is 1. The molecule has 0 saturated heterocycles. The molecule has 3 aromatic carbocycles. The number of halogens is 4. The molecule has 0 radical (unpaired) electrons. The topological polar surface area (TPSA) is 46.5 Å². The third-order valence-corrected chi connectivity index (χ3v) is 9.28. The third kappa shape index (κ3) is 4.54. The maximum absolute atomic E-state index is 15.9. The van der Waals surface area contributed by atoms with Crippen LogP contribution in [-0.4, -0.2) is 11.1 Å². The zero-order chi connectivity index (χ0) is 29.3. The highest BCUT2D eigenvalue weighted by Gasteiger charge is 2.65. The van der Waals surface area contributed by atoms with Gasteiger partial charge in [0.2, 0.25) is 0 Å². The smallest absolute Gasteiger partial charge is 0.307 e. The van der Waals surface area contributed by atoms with Crippen LogP contribution in [0.3, 0.4) is 0 Å². The number of allylic oxidation sites excluding steroid dienone is 2. The second-order valence-corrected chi connectivity index (χ2v) is 12.4. The van der Waals surface area contributed by atoms with E-state index in [0.717, 1.165) is 35.1 Å². The Balaban J connectivity index is 1.36. The molecule has 0 bridgehead atoms. The summed E-state index contributed by atoms with van der Waals surface area (Å²) >= 11 is 0. The molecule has 214 valence electrons. The van der Waals surface area contributed by atoms with Crippen molar-refractivity contribution in [1.29, 1.82) is 0 Å². The Morgan fingerprint density at radius 2 is 1.76 bits per heavy atom. The van der Waals surface area contributed by atoms with Crippen LogP contribution in [0.5, 0.6) is 5.75 Å². The van der Waals surface area contributed by atoms with Gasteiger partial charge in [0.25, 0.3) is 5.92 Å². The molecular weight excluding hydrogens is 532 g/mol. The monoisotopic (exact) mass is 564 g/mol. The highest BCUT2D eigenvalue weighted by atomic mass is 19.3. The van der Waals surface area contributed by atoms with Crippen molar-refractivity contribution in [2.75, 3.05) is 0 Å². The van der Waals surface area contributed by atoms with Crippen molar-refractivity contribution in [3.8, 4) is 16.9 Å². The molecule has 3 aliphatic rings. The summed E-state index contributed by atoms with van der Waals surface area (Å²) in [6, 6.07) is 13.0. The van der Waals surface area contributed by atoms with Gasteiger partial charge in [-0.05, 0) is 90.6 Å². The van der Waals surface area contributed by atoms with Crippen molar-refractivity contribution in [3.05, 3.63) is 94.1 Å². The average Bonchev–Trinajstić information content (AvgIpc) is 3.54. The molecule has 7 heteroatoms. The molecule has 1 fully saturated rings. The van der Waals surface area contributed by atoms with Gasteiger partial charge >= 0.3 is 5.97 Å². The largest absolute Gasteiger partial charge is 0.486 e. The molecule has 0 aromatic heterocycles. The molecule has 2 atom stereocenters. The average molecular weight is 565 g/mol. The number of rotatable bonds is 6. The lowest BCUT2D eigenvalue weighted by molar-refractivity contribution is -0.139. The summed E-state index contributed by atoms with van der Waals surface area (Å²) in [5.41, 5.74) is 2.98. The van der Waals surface area contributed by atoms with Gasteiger partial charge in [0.15, 0.2) is 11.6 Å². The van der Waals surface area contributed by atoms with Crippen molar-refractivity contribution < 1.29 is 32.2 Å². The van der Waals surface area contributed by atoms with Crippen LogP contribution in [-0.2, 0) is 22.7 Å². The number of fused-ring (bicyclic) bond motifs is 2. The number of carboxylic acids is 1. The summed E-state index contributed by atoms with van der Waals surface area (Å²) in [5, 5.41) is 9.56. The van der Waals surface area contributed by atoms with Crippen LogP contribution < -0.4 is 4.74 Å². The quantitative estimate of drug-likeness (QED) is 0.304. The third-order valence-electron chi connectivity index (χ3n) is 9.28. The Morgan fingerprint density at radius 1 is 0.976 bits per heavy atom. The van der Waals surface area contributed by atoms with Crippen molar-refractivity contribution >= 4 is 11.5 Å². The van der Waals surface area contributed by atoms with Crippen LogP contribution in [0.15, 0.2) is 54.6 Å². The van der Waals surface area contributed by atoms with Gasteiger partial charge in [0.05, 0.1) is 5.92 Å². The van der Waals surface area contributed by atoms with E-state index in [0.29, 0.717) is 11.1 Å². The lowest BCUT2D eigenvalue weighted by Gasteiger charge is -2.33. The Hall–Kier alpha value is -3.61. The summed E-state index contributed by atoms with van der Waals surface area (Å²) in [7, 11) is 0. The Bertz CT molecular complexity index is 1610. The maximum Gasteiger partial charge on any atom is 0.307 e. The second-order valence-electron chi connectivity index (χ2n) is 12.4. The summed E-state index contributed by atoms with van der Waals surface area (Å²) in [4.78, 5) is 11.7. The van der Waals surface area contributed by atoms with Gasteiger partial charge in [0.1, 0.15) is 12.4 Å². The minimum absolute atomic E-state index is 0.0429. The van der Waals surface area contributed by atoms with Crippen molar-refractivity contribution in [1.82, 2.24) is 0 Å². The summed E-state index contributed by atoms with van der Waals surface area (Å²) in [5.74, 6) is -6.64. The maximum atomic E-state index is 15.9. The number of carbonyl (C=O) groups is 1. The fourth-order valence-electron chi connectivity index (χ4n) is 6.89. The molecule has 3 nitrogen and oxygen atoms in total. The van der Waals surface area contributed by atoms with Crippen LogP contribution >= 0.6 is 0 Å². The molecular formula is C34H32F4O3. The Kier molecular flexibility index (Phi) is 6.36. The molecule has 0 heterocycles. The van der Waals surface area contributed by atoms with Crippen LogP contribution in [0, 0.1) is 29.9 Å². The fraction of sp³-hybridized carbons (Fsp3) is 0.382. The molecule has 3 aliphatic carbocycles. The molecule has 1 N–H and O–H groups in total. The van der Waals surface area contributed by atoms with Gasteiger partial charge in [-0.25, -0.2) is 17.6 Å². The van der Waals surface area contributed by atoms with Gasteiger partial charge in [-0.2, -0.15) is 0 Å². The zero-order valence-electron chi connectivity index (χ0n) is 23.3. The molecule has 6 rings (SSSR count). The van der Waals surface area contributed by atoms with Crippen molar-refractivity contribution in [2.24, 2.45) is 11.3 Å². The first-order valence-electron chi connectivity index (χ1n) is 14.0. The van der Waals surface area contributed by atoms with Gasteiger partial charge in [-0.1, -0.05) is 43.7 Å². The standard InChI is InChI=1S/C34H32F4O3/c1-19-6-10-27(35)23(15-19)21-8-7-20(16-22(21)24-5-4-12-32(24,2)3)18-41-28-11-9-25-29(30(28)36)33(13-14-34(25,37)38)17-26(33)31(39)40/h5-11,15-16,26H,4,12-14,17-18H2,1-3H3,(H,39,40)/t26-,33-/m0/s1. The molecule has 0 unspecified atom stereocenters. The van der Waals surface area contributed by atoms with E-state index in [4.69, 9.17) is 4.74 Å². The van der Waals surface area contributed by atoms with Crippen molar-refractivity contribution in [3.63, 3.8) is 0 Å². The molecule has 41 heavy (non-hydrogen) atoms. The lowest BCUT2D eigenvalue weighted by Crippen LogP contribution is -2.31. The number of benzene rings is 3. The predicted molar refractivity (Wildman–Crippen MR) is 149 cm³/mol. The van der Waals surface area contributed by atoms with E-state index in [-0.39, 0.29) is 42.0 Å². The van der Waals surface area contributed by atoms with Crippen molar-refractivity contribution in [2.45, 2.75) is 70.8 Å². The number of hydrogen-bond acceptors (Lipinski definition) is 2. The molecule has 1 saturated carbocycles. The van der Waals surface area contributed by atoms with Crippen LogP contribution in [0.1, 0.15) is 73.8 Å². The normalized spacial score (nSPS) is 23.7. The van der Waals surface area contributed by atoms with Crippen LogP contribution in [0.25, 0.3) is 16.7 Å². The van der Waals surface area contributed by atoms with E-state index in [2.05, 4.69) is 19.9 Å². The molecule has 1 spiro atoms. The minimum Gasteiger partial charge on any atom is -0.486 e. The fourth-order valence-corrected chi connectivity index (χ4v) is 6.89. The van der Waals surface area contributed by atoms with Gasteiger partial charge in [-0.3, -0.25) is 4.79 Å². The Morgan fingerprint density at radius 3 is 2.44 bits per heavy atom. The van der Waals surface area contributed by atoms with Gasteiger partial charge in [-0.15, -0.1) is 0 Å². The summed E-state index contributed by atoms with van der Waals surface area (Å²) in [6.45, 7) is 6.18. The van der Waals surface area contributed by atoms with Crippen LogP contribution in [0.4, 0.5) is 17.6 Å². The van der Waals surface area contributed by atoms with E-state index >= 15 is 4.39 Å². The van der Waals surface area contributed by atoms with Gasteiger partial charge in [0, 0.05) is 28.5 Å². The first kappa shape index (κ1) is 27.6. The second kappa shape index (κ2) is 9.47. The minimum atomic E-state index is -3.23. The first-order chi connectivity index (χ1) is 19.3. The SMILES string of the molecule is Cc1ccc(F)c(-c2ccc(COc3ccc4c(c3F)[C@@]3(CCC4(F)F)C[C@H]3C(=O)O)cc2C2=CCCC2(C)C)c1. The molecule has 0 amide bonds. The number of alkyl halides is 2. The molecule has 0 aliphatic heterocycles. The van der Waals surface area contributed by atoms with E-state index in [9.17, 15) is 23.1 Å². The molecule has 3 aromatic rings. The van der Waals surface area contributed by atoms with E-state index < -0.39 is 41.0 Å². The highest BCUT2D eigenvalue weighted by molar-refractivity contribution is 5.85. The summed E-state index contributed by atoms with van der Waals surface area (Å²) in [6.07, 6.45) is 3.58. The van der Waals surface area contributed by atoms with E-state index in [1.54, 1.807) is 12.1 Å². The summed E-state index contributed by atoms with van der Waals surface area (Å²) < 4.78 is 66.2. The lowest BCUT2D eigenvalue weighted by atomic mass is 9.76. The number of aliphatic carboxylic acids is 1. The number of hydrogen-bond donors (Lipinski definition) is 1. The predicted octanol–water partition coefficient (Wildman–Crippen LogP) is 8.95. The van der Waals surface area contributed by atoms with E-state index in [1.165, 1.54) is 18.2 Å². The van der Waals surface area contributed by atoms with Crippen LogP contribution in [0.2, 0.25) is 0 Å². The van der Waals surface area contributed by atoms with Gasteiger partial charge < -0.3 is 9.84 Å². The number of carboxylic acid groups (broad SMARTS) is 1. The first-order valence-corrected chi connectivity index (χ1v) is 14.0. The Labute approximate surface area is 236 Å². The van der Waals surface area contributed by atoms with E-state index in [1.807, 2.05) is 25.1 Å².